The summed E-state index contributed by atoms with van der Waals surface area (Å²) in [4.78, 5) is 4.36. The molecule has 1 saturated heterocycles. The summed E-state index contributed by atoms with van der Waals surface area (Å²) < 4.78 is 5.77. The molecule has 0 amide bonds. The normalized spacial score (nSPS) is 26.1. The van der Waals surface area contributed by atoms with E-state index in [2.05, 4.69) is 36.3 Å². The number of allylic oxidation sites excluding steroid dienone is 2. The third-order valence-corrected chi connectivity index (χ3v) is 4.22. The Morgan fingerprint density at radius 2 is 2.10 bits per heavy atom. The van der Waals surface area contributed by atoms with Crippen LogP contribution >= 0.6 is 0 Å². The molecule has 20 heavy (non-hydrogen) atoms. The van der Waals surface area contributed by atoms with Gasteiger partial charge in [0.2, 0.25) is 0 Å². The number of nitrogens with one attached hydrogen (secondary N) is 1. The van der Waals surface area contributed by atoms with Gasteiger partial charge in [0.05, 0.1) is 12.3 Å². The van der Waals surface area contributed by atoms with Crippen molar-refractivity contribution in [2.75, 3.05) is 13.1 Å². The molecule has 1 N–H and O–H groups in total. The Bertz CT molecular complexity index is 496. The molecule has 1 aliphatic carbocycles. The van der Waals surface area contributed by atoms with Gasteiger partial charge in [-0.15, -0.1) is 0 Å². The van der Waals surface area contributed by atoms with Crippen LogP contribution in [0.1, 0.15) is 38.7 Å². The van der Waals surface area contributed by atoms with E-state index in [-0.39, 0.29) is 6.10 Å². The van der Waals surface area contributed by atoms with Gasteiger partial charge < -0.3 is 10.1 Å². The molecule has 1 aromatic rings. The van der Waals surface area contributed by atoms with Crippen molar-refractivity contribution in [2.24, 2.45) is 11.8 Å². The van der Waals surface area contributed by atoms with E-state index in [0.29, 0.717) is 5.92 Å². The first-order chi connectivity index (χ1) is 9.72. The fourth-order valence-corrected chi connectivity index (χ4v) is 3.36. The summed E-state index contributed by atoms with van der Waals surface area (Å²) in [6.45, 7) is 6.38. The molecule has 1 aliphatic heterocycles. The maximum Gasteiger partial charge on any atom is 0.138 e. The second-order valence-electron chi connectivity index (χ2n) is 6.22. The van der Waals surface area contributed by atoms with Crippen LogP contribution < -0.4 is 10.1 Å². The predicted molar refractivity (Wildman–Crippen MR) is 81.7 cm³/mol. The molecule has 0 radical (unpaired) electrons. The minimum atomic E-state index is 0.194. The highest BCUT2D eigenvalue weighted by Gasteiger charge is 2.28. The van der Waals surface area contributed by atoms with Gasteiger partial charge in [0.15, 0.2) is 0 Å². The van der Waals surface area contributed by atoms with E-state index in [0.717, 1.165) is 24.8 Å². The highest BCUT2D eigenvalue weighted by Crippen LogP contribution is 2.41. The molecular weight excluding hydrogens is 248 g/mol. The van der Waals surface area contributed by atoms with Crippen LogP contribution in [-0.2, 0) is 0 Å². The van der Waals surface area contributed by atoms with Gasteiger partial charge in [-0.25, -0.2) is 0 Å². The standard InChI is InChI=1S/C17H24N2O/c1-12(2)20-16-9-15(10-19-11-16)17-8-13-3-5-18-6-4-14(17)7-13/h8-14,18H,3-7H2,1-2H3. The lowest BCUT2D eigenvalue weighted by Crippen LogP contribution is -2.23. The van der Waals surface area contributed by atoms with Crippen molar-refractivity contribution in [3.05, 3.63) is 30.1 Å². The van der Waals surface area contributed by atoms with E-state index in [1.54, 1.807) is 0 Å². The smallest absolute Gasteiger partial charge is 0.138 e. The molecule has 2 heterocycles. The van der Waals surface area contributed by atoms with Gasteiger partial charge in [0, 0.05) is 6.20 Å². The highest BCUT2D eigenvalue weighted by atomic mass is 16.5. The largest absolute Gasteiger partial charge is 0.489 e. The Morgan fingerprint density at radius 1 is 1.25 bits per heavy atom. The highest BCUT2D eigenvalue weighted by molar-refractivity contribution is 5.70. The molecule has 108 valence electrons. The predicted octanol–water partition coefficient (Wildman–Crippen LogP) is 3.27. The number of hydrogen-bond donors (Lipinski definition) is 1. The van der Waals surface area contributed by atoms with E-state index in [9.17, 15) is 0 Å². The lowest BCUT2D eigenvalue weighted by atomic mass is 9.91. The Morgan fingerprint density at radius 3 is 2.95 bits per heavy atom. The van der Waals surface area contributed by atoms with Crippen LogP contribution in [0.3, 0.4) is 0 Å². The van der Waals surface area contributed by atoms with E-state index >= 15 is 0 Å². The van der Waals surface area contributed by atoms with Gasteiger partial charge >= 0.3 is 0 Å². The topological polar surface area (TPSA) is 34.1 Å². The summed E-state index contributed by atoms with van der Waals surface area (Å²) in [5.74, 6) is 2.30. The van der Waals surface area contributed by atoms with Gasteiger partial charge in [-0.3, -0.25) is 4.98 Å². The van der Waals surface area contributed by atoms with Crippen molar-refractivity contribution >= 4 is 5.57 Å². The molecule has 3 heteroatoms. The molecule has 2 unspecified atom stereocenters. The Hall–Kier alpha value is -1.35. The van der Waals surface area contributed by atoms with Crippen LogP contribution in [0.2, 0.25) is 0 Å². The van der Waals surface area contributed by atoms with Crippen molar-refractivity contribution < 1.29 is 4.74 Å². The molecule has 2 aliphatic rings. The number of nitrogens with zero attached hydrogens (tertiary/aromatic N) is 1. The number of rotatable bonds is 3. The van der Waals surface area contributed by atoms with Gasteiger partial charge in [-0.1, -0.05) is 6.08 Å². The zero-order valence-electron chi connectivity index (χ0n) is 12.4. The second-order valence-corrected chi connectivity index (χ2v) is 6.22. The molecular formula is C17H24N2O. The van der Waals surface area contributed by atoms with Crippen molar-refractivity contribution in [2.45, 2.75) is 39.2 Å². The first kappa shape index (κ1) is 13.6. The van der Waals surface area contributed by atoms with E-state index < -0.39 is 0 Å². The molecule has 3 nitrogen and oxygen atoms in total. The molecule has 0 saturated carbocycles. The molecule has 0 aromatic carbocycles. The second kappa shape index (κ2) is 5.96. The maximum absolute atomic E-state index is 5.77. The van der Waals surface area contributed by atoms with Crippen molar-refractivity contribution in [1.82, 2.24) is 10.3 Å². The third kappa shape index (κ3) is 3.04. The number of aromatic nitrogens is 1. The van der Waals surface area contributed by atoms with E-state index in [1.165, 1.54) is 30.4 Å². The third-order valence-electron chi connectivity index (χ3n) is 4.22. The quantitative estimate of drug-likeness (QED) is 0.917. The Kier molecular flexibility index (Phi) is 4.06. The zero-order valence-corrected chi connectivity index (χ0v) is 12.4. The number of pyridine rings is 1. The summed E-state index contributed by atoms with van der Waals surface area (Å²) in [5, 5.41) is 3.52. The maximum atomic E-state index is 5.77. The minimum Gasteiger partial charge on any atom is -0.489 e. The van der Waals surface area contributed by atoms with Crippen LogP contribution in [0.15, 0.2) is 24.5 Å². The van der Waals surface area contributed by atoms with Crippen LogP contribution in [-0.4, -0.2) is 24.2 Å². The van der Waals surface area contributed by atoms with Crippen LogP contribution in [0.25, 0.3) is 5.57 Å². The van der Waals surface area contributed by atoms with Crippen molar-refractivity contribution in [3.8, 4) is 5.75 Å². The SMILES string of the molecule is CC(C)Oc1cncc(C2=CC3CCNCCC2C3)c1. The summed E-state index contributed by atoms with van der Waals surface area (Å²) >= 11 is 0. The first-order valence-corrected chi connectivity index (χ1v) is 7.77. The molecule has 1 aromatic heterocycles. The summed E-state index contributed by atoms with van der Waals surface area (Å²) in [6.07, 6.45) is 10.3. The summed E-state index contributed by atoms with van der Waals surface area (Å²) in [7, 11) is 0. The average Bonchev–Trinajstić information content (AvgIpc) is 2.81. The number of ether oxygens (including phenoxy) is 1. The van der Waals surface area contributed by atoms with Crippen molar-refractivity contribution in [1.29, 1.82) is 0 Å². The van der Waals surface area contributed by atoms with Crippen LogP contribution in [0.4, 0.5) is 0 Å². The van der Waals surface area contributed by atoms with Gasteiger partial charge in [0.1, 0.15) is 5.75 Å². The molecule has 3 rings (SSSR count). The minimum absolute atomic E-state index is 0.194. The van der Waals surface area contributed by atoms with Gasteiger partial charge in [0.25, 0.3) is 0 Å². The molecule has 1 fully saturated rings. The van der Waals surface area contributed by atoms with Gasteiger partial charge in [-0.05, 0) is 75.2 Å². The fraction of sp³-hybridized carbons (Fsp3) is 0.588. The average molecular weight is 272 g/mol. The van der Waals surface area contributed by atoms with Crippen LogP contribution in [0.5, 0.6) is 5.75 Å². The van der Waals surface area contributed by atoms with Gasteiger partial charge in [-0.2, -0.15) is 0 Å². The lowest BCUT2D eigenvalue weighted by molar-refractivity contribution is 0.241. The monoisotopic (exact) mass is 272 g/mol. The van der Waals surface area contributed by atoms with E-state index in [1.807, 2.05) is 12.4 Å². The lowest BCUT2D eigenvalue weighted by Gasteiger charge is -2.19. The molecule has 2 bridgehead atoms. The van der Waals surface area contributed by atoms with E-state index in [4.69, 9.17) is 4.74 Å². The first-order valence-electron chi connectivity index (χ1n) is 7.77. The van der Waals surface area contributed by atoms with Crippen molar-refractivity contribution in [3.63, 3.8) is 0 Å². The fourth-order valence-electron chi connectivity index (χ4n) is 3.36. The van der Waals surface area contributed by atoms with Crippen LogP contribution in [0, 0.1) is 11.8 Å². The summed E-state index contributed by atoms with van der Waals surface area (Å²) in [6, 6.07) is 2.15. The molecule has 0 spiro atoms. The zero-order chi connectivity index (χ0) is 13.9. The summed E-state index contributed by atoms with van der Waals surface area (Å²) in [5.41, 5.74) is 2.73. The number of fused-ring (bicyclic) bond motifs is 2. The Balaban J connectivity index is 1.84. The Labute approximate surface area is 121 Å². The number of hydrogen-bond acceptors (Lipinski definition) is 3. The molecule has 2 atom stereocenters.